The van der Waals surface area contributed by atoms with E-state index in [1.54, 1.807) is 0 Å². The Morgan fingerprint density at radius 1 is 1.05 bits per heavy atom. The van der Waals surface area contributed by atoms with Gasteiger partial charge in [-0.1, -0.05) is 12.1 Å². The van der Waals surface area contributed by atoms with Crippen LogP contribution in [-0.4, -0.2) is 32.6 Å². The SMILES string of the molecule is CC(C)(C)NCCNc1ccccc1S(=O)(=O)C(F)(F)F. The first kappa shape index (κ1) is 17.8. The molecule has 0 spiro atoms. The normalized spacial score (nSPS) is 13.2. The minimum atomic E-state index is -5.36. The van der Waals surface area contributed by atoms with Gasteiger partial charge in [-0.05, 0) is 32.9 Å². The van der Waals surface area contributed by atoms with E-state index in [4.69, 9.17) is 0 Å². The molecule has 0 saturated heterocycles. The first-order valence-corrected chi connectivity index (χ1v) is 7.83. The Bertz CT molecular complexity index is 578. The summed E-state index contributed by atoms with van der Waals surface area (Å²) in [6.07, 6.45) is 0. The quantitative estimate of drug-likeness (QED) is 0.818. The topological polar surface area (TPSA) is 58.2 Å². The van der Waals surface area contributed by atoms with Gasteiger partial charge >= 0.3 is 5.51 Å². The lowest BCUT2D eigenvalue weighted by Crippen LogP contribution is -2.38. The summed E-state index contributed by atoms with van der Waals surface area (Å²) in [6, 6.07) is 5.00. The highest BCUT2D eigenvalue weighted by atomic mass is 32.2. The Hall–Kier alpha value is -1.28. The standard InChI is InChI=1S/C13H19F3N2O2S/c1-12(2,3)18-9-8-17-10-6-4-5-7-11(10)21(19,20)13(14,15)16/h4-7,17-18H,8-9H2,1-3H3. The molecule has 0 amide bonds. The Balaban J connectivity index is 2.87. The molecule has 0 saturated carbocycles. The third-order valence-electron chi connectivity index (χ3n) is 2.58. The van der Waals surface area contributed by atoms with Gasteiger partial charge in [0.1, 0.15) is 0 Å². The molecule has 0 aliphatic carbocycles. The van der Waals surface area contributed by atoms with E-state index in [1.165, 1.54) is 18.2 Å². The van der Waals surface area contributed by atoms with E-state index in [9.17, 15) is 21.6 Å². The second kappa shape index (κ2) is 6.23. The molecule has 1 aromatic carbocycles. The molecular formula is C13H19F3N2O2S. The third kappa shape index (κ3) is 4.89. The molecule has 2 N–H and O–H groups in total. The van der Waals surface area contributed by atoms with Crippen LogP contribution in [0.5, 0.6) is 0 Å². The fourth-order valence-corrected chi connectivity index (χ4v) is 2.54. The van der Waals surface area contributed by atoms with Crippen LogP contribution in [0.3, 0.4) is 0 Å². The number of alkyl halides is 3. The minimum Gasteiger partial charge on any atom is -0.383 e. The van der Waals surface area contributed by atoms with Crippen molar-refractivity contribution in [3.8, 4) is 0 Å². The molecule has 1 aromatic rings. The Morgan fingerprint density at radius 3 is 2.14 bits per heavy atom. The molecule has 120 valence electrons. The highest BCUT2D eigenvalue weighted by molar-refractivity contribution is 7.92. The highest BCUT2D eigenvalue weighted by Crippen LogP contribution is 2.34. The van der Waals surface area contributed by atoms with E-state index < -0.39 is 20.2 Å². The summed E-state index contributed by atoms with van der Waals surface area (Å²) in [6.45, 7) is 6.66. The molecule has 0 aromatic heterocycles. The number of rotatable bonds is 5. The summed E-state index contributed by atoms with van der Waals surface area (Å²) in [5.74, 6) is 0. The number of hydrogen-bond acceptors (Lipinski definition) is 4. The Morgan fingerprint density at radius 2 is 1.62 bits per heavy atom. The number of benzene rings is 1. The van der Waals surface area contributed by atoms with Crippen LogP contribution in [0.25, 0.3) is 0 Å². The smallest absolute Gasteiger partial charge is 0.383 e. The molecular weight excluding hydrogens is 305 g/mol. The van der Waals surface area contributed by atoms with Crippen molar-refractivity contribution in [2.24, 2.45) is 0 Å². The maximum absolute atomic E-state index is 12.6. The van der Waals surface area contributed by atoms with E-state index in [-0.39, 0.29) is 11.2 Å². The van der Waals surface area contributed by atoms with Crippen LogP contribution in [0, 0.1) is 0 Å². The van der Waals surface area contributed by atoms with Crippen LogP contribution in [0.1, 0.15) is 20.8 Å². The van der Waals surface area contributed by atoms with Crippen molar-refractivity contribution in [3.05, 3.63) is 24.3 Å². The number of halogens is 3. The van der Waals surface area contributed by atoms with E-state index in [2.05, 4.69) is 10.6 Å². The summed E-state index contributed by atoms with van der Waals surface area (Å²) >= 11 is 0. The van der Waals surface area contributed by atoms with Crippen LogP contribution in [0.4, 0.5) is 18.9 Å². The predicted octanol–water partition coefficient (Wildman–Crippen LogP) is 2.78. The van der Waals surface area contributed by atoms with Gasteiger partial charge in [-0.3, -0.25) is 0 Å². The fraction of sp³-hybridized carbons (Fsp3) is 0.538. The molecule has 0 aliphatic rings. The third-order valence-corrected chi connectivity index (χ3v) is 4.12. The first-order valence-electron chi connectivity index (χ1n) is 6.34. The second-order valence-corrected chi connectivity index (χ2v) is 7.46. The molecule has 0 heterocycles. The van der Waals surface area contributed by atoms with E-state index >= 15 is 0 Å². The van der Waals surface area contributed by atoms with Crippen LogP contribution in [0.15, 0.2) is 29.2 Å². The largest absolute Gasteiger partial charge is 0.501 e. The Kier molecular flexibility index (Phi) is 5.27. The van der Waals surface area contributed by atoms with Gasteiger partial charge in [0.2, 0.25) is 0 Å². The monoisotopic (exact) mass is 324 g/mol. The van der Waals surface area contributed by atoms with E-state index in [1.807, 2.05) is 20.8 Å². The maximum Gasteiger partial charge on any atom is 0.501 e. The van der Waals surface area contributed by atoms with Crippen LogP contribution < -0.4 is 10.6 Å². The number of nitrogens with one attached hydrogen (secondary N) is 2. The average Bonchev–Trinajstić information content (AvgIpc) is 2.32. The van der Waals surface area contributed by atoms with Gasteiger partial charge in [0.05, 0.1) is 10.6 Å². The van der Waals surface area contributed by atoms with Gasteiger partial charge in [-0.25, -0.2) is 8.42 Å². The minimum absolute atomic E-state index is 0.0504. The van der Waals surface area contributed by atoms with Crippen molar-refractivity contribution in [1.82, 2.24) is 5.32 Å². The van der Waals surface area contributed by atoms with Crippen LogP contribution in [0.2, 0.25) is 0 Å². The summed E-state index contributed by atoms with van der Waals surface area (Å²) < 4.78 is 60.8. The molecule has 0 bridgehead atoms. The zero-order valence-corrected chi connectivity index (χ0v) is 12.9. The van der Waals surface area contributed by atoms with Crippen molar-refractivity contribution in [1.29, 1.82) is 0 Å². The summed E-state index contributed by atoms with van der Waals surface area (Å²) in [7, 11) is -5.36. The molecule has 0 radical (unpaired) electrons. The zero-order valence-electron chi connectivity index (χ0n) is 12.1. The van der Waals surface area contributed by atoms with Crippen LogP contribution in [-0.2, 0) is 9.84 Å². The summed E-state index contributed by atoms with van der Waals surface area (Å²) in [5.41, 5.74) is -5.49. The van der Waals surface area contributed by atoms with Crippen molar-refractivity contribution in [3.63, 3.8) is 0 Å². The lowest BCUT2D eigenvalue weighted by Gasteiger charge is -2.21. The fourth-order valence-electron chi connectivity index (χ4n) is 1.61. The molecule has 0 atom stereocenters. The van der Waals surface area contributed by atoms with Crippen LogP contribution >= 0.6 is 0 Å². The molecule has 4 nitrogen and oxygen atoms in total. The molecule has 21 heavy (non-hydrogen) atoms. The zero-order chi connectivity index (χ0) is 16.3. The van der Waals surface area contributed by atoms with Crippen molar-refractivity contribution in [2.75, 3.05) is 18.4 Å². The van der Waals surface area contributed by atoms with Gasteiger partial charge in [0, 0.05) is 18.6 Å². The molecule has 8 heteroatoms. The number of anilines is 1. The number of para-hydroxylation sites is 1. The maximum atomic E-state index is 12.6. The lowest BCUT2D eigenvalue weighted by molar-refractivity contribution is -0.0435. The molecule has 0 unspecified atom stereocenters. The first-order chi connectivity index (χ1) is 9.45. The number of hydrogen-bond donors (Lipinski definition) is 2. The molecule has 1 rings (SSSR count). The van der Waals surface area contributed by atoms with Crippen molar-refractivity contribution >= 4 is 15.5 Å². The second-order valence-electron chi connectivity index (χ2n) is 5.55. The van der Waals surface area contributed by atoms with Gasteiger partial charge in [-0.2, -0.15) is 13.2 Å². The van der Waals surface area contributed by atoms with Crippen molar-refractivity contribution in [2.45, 2.75) is 36.7 Å². The van der Waals surface area contributed by atoms with Gasteiger partial charge in [0.15, 0.2) is 0 Å². The molecule has 0 aliphatic heterocycles. The van der Waals surface area contributed by atoms with Gasteiger partial charge < -0.3 is 10.6 Å². The van der Waals surface area contributed by atoms with E-state index in [0.717, 1.165) is 6.07 Å². The van der Waals surface area contributed by atoms with E-state index in [0.29, 0.717) is 13.1 Å². The van der Waals surface area contributed by atoms with Gasteiger partial charge in [-0.15, -0.1) is 0 Å². The Labute approximate surface area is 122 Å². The lowest BCUT2D eigenvalue weighted by atomic mass is 10.1. The number of sulfone groups is 1. The highest BCUT2D eigenvalue weighted by Gasteiger charge is 2.47. The average molecular weight is 324 g/mol. The summed E-state index contributed by atoms with van der Waals surface area (Å²) in [5, 5.41) is 5.87. The van der Waals surface area contributed by atoms with Crippen molar-refractivity contribution < 1.29 is 21.6 Å². The molecule has 0 fully saturated rings. The predicted molar refractivity (Wildman–Crippen MR) is 75.9 cm³/mol. The summed E-state index contributed by atoms with van der Waals surface area (Å²) in [4.78, 5) is -0.756. The van der Waals surface area contributed by atoms with Gasteiger partial charge in [0.25, 0.3) is 9.84 Å².